The Labute approximate surface area is 89.4 Å². The lowest BCUT2D eigenvalue weighted by molar-refractivity contribution is -0.122. The molecule has 2 rings (SSSR count). The van der Waals surface area contributed by atoms with Gasteiger partial charge in [-0.3, -0.25) is 4.79 Å². The average Bonchev–Trinajstić information content (AvgIpc) is 2.84. The summed E-state index contributed by atoms with van der Waals surface area (Å²) in [5.41, 5.74) is 0.138. The molecule has 1 aliphatic carbocycles. The van der Waals surface area contributed by atoms with Crippen LogP contribution in [0.2, 0.25) is 0 Å². The van der Waals surface area contributed by atoms with Crippen LogP contribution in [0.25, 0.3) is 0 Å². The Morgan fingerprint density at radius 3 is 3.00 bits per heavy atom. The molecule has 1 unspecified atom stereocenters. The SMILES string of the molecule is CC1(NC(=O)CC2CSCCN2)CC1. The number of hydrogen-bond donors (Lipinski definition) is 2. The molecular weight excluding hydrogens is 196 g/mol. The van der Waals surface area contributed by atoms with E-state index in [4.69, 9.17) is 0 Å². The van der Waals surface area contributed by atoms with E-state index in [1.165, 1.54) is 5.75 Å². The zero-order chi connectivity index (χ0) is 10.0. The highest BCUT2D eigenvalue weighted by atomic mass is 32.2. The molecule has 4 heteroatoms. The van der Waals surface area contributed by atoms with Crippen LogP contribution in [0, 0.1) is 0 Å². The third kappa shape index (κ3) is 2.89. The number of amides is 1. The van der Waals surface area contributed by atoms with Gasteiger partial charge in [-0.2, -0.15) is 11.8 Å². The zero-order valence-corrected chi connectivity index (χ0v) is 9.45. The molecule has 0 bridgehead atoms. The fourth-order valence-electron chi connectivity index (χ4n) is 1.67. The van der Waals surface area contributed by atoms with Gasteiger partial charge in [0.05, 0.1) is 0 Å². The first-order chi connectivity index (χ1) is 6.68. The van der Waals surface area contributed by atoms with Crippen molar-refractivity contribution in [2.45, 2.75) is 37.8 Å². The summed E-state index contributed by atoms with van der Waals surface area (Å²) >= 11 is 1.94. The summed E-state index contributed by atoms with van der Waals surface area (Å²) in [6, 6.07) is 0.385. The number of carbonyl (C=O) groups is 1. The van der Waals surface area contributed by atoms with Crippen LogP contribution in [0.3, 0.4) is 0 Å². The maximum absolute atomic E-state index is 11.6. The quantitative estimate of drug-likeness (QED) is 0.728. The van der Waals surface area contributed by atoms with Crippen molar-refractivity contribution in [3.8, 4) is 0 Å². The van der Waals surface area contributed by atoms with E-state index in [2.05, 4.69) is 17.6 Å². The molecule has 1 saturated carbocycles. The van der Waals surface area contributed by atoms with Crippen molar-refractivity contribution in [3.63, 3.8) is 0 Å². The van der Waals surface area contributed by atoms with Crippen molar-refractivity contribution >= 4 is 17.7 Å². The van der Waals surface area contributed by atoms with E-state index in [1.807, 2.05) is 11.8 Å². The number of thioether (sulfide) groups is 1. The van der Waals surface area contributed by atoms with Gasteiger partial charge in [0.1, 0.15) is 0 Å². The van der Waals surface area contributed by atoms with E-state index in [0.717, 1.165) is 25.1 Å². The fourth-order valence-corrected chi connectivity index (χ4v) is 2.62. The van der Waals surface area contributed by atoms with E-state index in [0.29, 0.717) is 12.5 Å². The van der Waals surface area contributed by atoms with Crippen LogP contribution < -0.4 is 10.6 Å². The van der Waals surface area contributed by atoms with Crippen molar-refractivity contribution < 1.29 is 4.79 Å². The Kier molecular flexibility index (Phi) is 3.02. The summed E-state index contributed by atoms with van der Waals surface area (Å²) in [6.45, 7) is 3.16. The summed E-state index contributed by atoms with van der Waals surface area (Å²) in [5, 5.41) is 6.46. The van der Waals surface area contributed by atoms with Crippen molar-refractivity contribution in [1.82, 2.24) is 10.6 Å². The Morgan fingerprint density at radius 1 is 1.64 bits per heavy atom. The van der Waals surface area contributed by atoms with Gasteiger partial charge < -0.3 is 10.6 Å². The van der Waals surface area contributed by atoms with Crippen molar-refractivity contribution in [2.24, 2.45) is 0 Å². The number of nitrogens with one attached hydrogen (secondary N) is 2. The van der Waals surface area contributed by atoms with Gasteiger partial charge in [0.15, 0.2) is 0 Å². The lowest BCUT2D eigenvalue weighted by atomic mass is 10.2. The summed E-state index contributed by atoms with van der Waals surface area (Å²) in [5.74, 6) is 2.46. The van der Waals surface area contributed by atoms with Gasteiger partial charge in [-0.25, -0.2) is 0 Å². The summed E-state index contributed by atoms with van der Waals surface area (Å²) in [4.78, 5) is 11.6. The van der Waals surface area contributed by atoms with E-state index in [9.17, 15) is 4.79 Å². The monoisotopic (exact) mass is 214 g/mol. The molecule has 2 aliphatic rings. The zero-order valence-electron chi connectivity index (χ0n) is 8.64. The second kappa shape index (κ2) is 4.11. The third-order valence-corrected chi connectivity index (χ3v) is 4.00. The second-order valence-corrected chi connectivity index (χ2v) is 5.69. The van der Waals surface area contributed by atoms with E-state index < -0.39 is 0 Å². The molecule has 1 saturated heterocycles. The molecule has 0 aromatic carbocycles. The van der Waals surface area contributed by atoms with Crippen LogP contribution in [0.15, 0.2) is 0 Å². The fraction of sp³-hybridized carbons (Fsp3) is 0.900. The summed E-state index contributed by atoms with van der Waals surface area (Å²) in [6.07, 6.45) is 2.93. The van der Waals surface area contributed by atoms with Gasteiger partial charge in [-0.15, -0.1) is 0 Å². The molecule has 1 aliphatic heterocycles. The second-order valence-electron chi connectivity index (χ2n) is 4.54. The van der Waals surface area contributed by atoms with Crippen LogP contribution in [0.1, 0.15) is 26.2 Å². The van der Waals surface area contributed by atoms with Gasteiger partial charge in [0, 0.05) is 36.1 Å². The van der Waals surface area contributed by atoms with Gasteiger partial charge in [0.2, 0.25) is 5.91 Å². The smallest absolute Gasteiger partial charge is 0.222 e. The Morgan fingerprint density at radius 2 is 2.43 bits per heavy atom. The first-order valence-corrected chi connectivity index (χ1v) is 6.46. The van der Waals surface area contributed by atoms with E-state index >= 15 is 0 Å². The first-order valence-electron chi connectivity index (χ1n) is 5.30. The largest absolute Gasteiger partial charge is 0.351 e. The molecule has 0 spiro atoms. The van der Waals surface area contributed by atoms with Gasteiger partial charge >= 0.3 is 0 Å². The summed E-state index contributed by atoms with van der Waals surface area (Å²) in [7, 11) is 0. The average molecular weight is 214 g/mol. The Hall–Kier alpha value is -0.220. The molecule has 1 atom stereocenters. The molecule has 2 N–H and O–H groups in total. The number of carbonyl (C=O) groups excluding carboxylic acids is 1. The topological polar surface area (TPSA) is 41.1 Å². The Bertz CT molecular complexity index is 222. The lowest BCUT2D eigenvalue weighted by Gasteiger charge is -2.23. The highest BCUT2D eigenvalue weighted by Gasteiger charge is 2.38. The van der Waals surface area contributed by atoms with E-state index in [1.54, 1.807) is 0 Å². The van der Waals surface area contributed by atoms with Crippen LogP contribution >= 0.6 is 11.8 Å². The van der Waals surface area contributed by atoms with Crippen molar-refractivity contribution in [1.29, 1.82) is 0 Å². The van der Waals surface area contributed by atoms with Crippen LogP contribution in [0.5, 0.6) is 0 Å². The lowest BCUT2D eigenvalue weighted by Crippen LogP contribution is -2.43. The van der Waals surface area contributed by atoms with Crippen LogP contribution in [-0.2, 0) is 4.79 Å². The molecule has 3 nitrogen and oxygen atoms in total. The molecule has 0 radical (unpaired) electrons. The molecular formula is C10H18N2OS. The number of rotatable bonds is 3. The van der Waals surface area contributed by atoms with Gasteiger partial charge in [-0.05, 0) is 19.8 Å². The normalized spacial score (nSPS) is 29.6. The summed E-state index contributed by atoms with van der Waals surface area (Å²) < 4.78 is 0. The Balaban J connectivity index is 1.70. The van der Waals surface area contributed by atoms with Gasteiger partial charge in [0.25, 0.3) is 0 Å². The predicted molar refractivity (Wildman–Crippen MR) is 59.5 cm³/mol. The standard InChI is InChI=1S/C10H18N2OS/c1-10(2-3-10)12-9(13)6-8-7-14-5-4-11-8/h8,11H,2-7H2,1H3,(H,12,13). The predicted octanol–water partition coefficient (Wildman–Crippen LogP) is 0.750. The molecule has 2 fully saturated rings. The third-order valence-electron chi connectivity index (χ3n) is 2.87. The highest BCUT2D eigenvalue weighted by molar-refractivity contribution is 7.99. The molecule has 1 amide bonds. The van der Waals surface area contributed by atoms with Crippen LogP contribution in [0.4, 0.5) is 0 Å². The molecule has 14 heavy (non-hydrogen) atoms. The minimum absolute atomic E-state index is 0.138. The molecule has 80 valence electrons. The van der Waals surface area contributed by atoms with E-state index in [-0.39, 0.29) is 11.4 Å². The minimum atomic E-state index is 0.138. The first kappa shape index (κ1) is 10.3. The highest BCUT2D eigenvalue weighted by Crippen LogP contribution is 2.34. The minimum Gasteiger partial charge on any atom is -0.351 e. The maximum atomic E-state index is 11.6. The molecule has 1 heterocycles. The van der Waals surface area contributed by atoms with Crippen LogP contribution in [-0.4, -0.2) is 35.5 Å². The molecule has 0 aromatic rings. The molecule has 0 aromatic heterocycles. The van der Waals surface area contributed by atoms with Crippen molar-refractivity contribution in [2.75, 3.05) is 18.1 Å². The van der Waals surface area contributed by atoms with Crippen molar-refractivity contribution in [3.05, 3.63) is 0 Å². The van der Waals surface area contributed by atoms with Gasteiger partial charge in [-0.1, -0.05) is 0 Å². The number of hydrogen-bond acceptors (Lipinski definition) is 3. The maximum Gasteiger partial charge on any atom is 0.222 e.